The van der Waals surface area contributed by atoms with Crippen molar-refractivity contribution >= 4 is 32.4 Å². The topological polar surface area (TPSA) is 31.4 Å². The van der Waals surface area contributed by atoms with Crippen LogP contribution in [0.5, 0.6) is 0 Å². The first-order valence-corrected chi connectivity index (χ1v) is 10.2. The molecule has 1 aromatic heterocycles. The molecule has 2 aromatic carbocycles. The van der Waals surface area contributed by atoms with E-state index in [9.17, 15) is 0 Å². The number of rotatable bonds is 5. The molecule has 3 aromatic rings. The van der Waals surface area contributed by atoms with Crippen LogP contribution in [0.15, 0.2) is 42.5 Å². The predicted molar refractivity (Wildman–Crippen MR) is 111 cm³/mol. The Morgan fingerprint density at radius 3 is 2.46 bits per heavy atom. The van der Waals surface area contributed by atoms with Gasteiger partial charge in [0.05, 0.1) is 10.2 Å². The van der Waals surface area contributed by atoms with Crippen molar-refractivity contribution in [2.45, 2.75) is 19.9 Å². The Morgan fingerprint density at radius 1 is 1.00 bits per heavy atom. The molecule has 1 aliphatic heterocycles. The molecule has 0 atom stereocenters. The van der Waals surface area contributed by atoms with Crippen molar-refractivity contribution < 1.29 is 0 Å². The van der Waals surface area contributed by atoms with Crippen molar-refractivity contribution in [3.05, 3.63) is 53.6 Å². The number of hydrogen-bond donors (Lipinski definition) is 1. The maximum atomic E-state index is 4.70. The molecule has 0 aliphatic carbocycles. The van der Waals surface area contributed by atoms with Crippen LogP contribution in [0.3, 0.4) is 0 Å². The normalized spacial score (nSPS) is 16.2. The second-order valence-corrected chi connectivity index (χ2v) is 8.11. The Bertz CT molecular complexity index is 863. The van der Waals surface area contributed by atoms with Gasteiger partial charge < -0.3 is 10.2 Å². The van der Waals surface area contributed by atoms with Crippen LogP contribution in [0.4, 0.5) is 10.8 Å². The van der Waals surface area contributed by atoms with Gasteiger partial charge in [0.15, 0.2) is 5.13 Å². The highest BCUT2D eigenvalue weighted by molar-refractivity contribution is 7.22. The number of hydrogen-bond acceptors (Lipinski definition) is 5. The van der Waals surface area contributed by atoms with Crippen LogP contribution in [-0.4, -0.2) is 48.0 Å². The van der Waals surface area contributed by atoms with Crippen LogP contribution in [0.2, 0.25) is 0 Å². The van der Waals surface area contributed by atoms with Gasteiger partial charge in [-0.3, -0.25) is 4.90 Å². The lowest BCUT2D eigenvalue weighted by molar-refractivity contribution is 0.148. The van der Waals surface area contributed by atoms with Crippen LogP contribution in [0.25, 0.3) is 10.2 Å². The molecule has 0 radical (unpaired) electrons. The molecule has 136 valence electrons. The van der Waals surface area contributed by atoms with E-state index in [0.717, 1.165) is 55.5 Å². The maximum Gasteiger partial charge on any atom is 0.188 e. The SMILES string of the molecule is CCc1ccc2nc(Nc3ccc(CN4CCN(C)CC4)cc3)sc2c1. The fourth-order valence-electron chi connectivity index (χ4n) is 3.32. The van der Waals surface area contributed by atoms with Gasteiger partial charge >= 0.3 is 0 Å². The van der Waals surface area contributed by atoms with E-state index in [-0.39, 0.29) is 0 Å². The average Bonchev–Trinajstić information content (AvgIpc) is 3.06. The summed E-state index contributed by atoms with van der Waals surface area (Å²) in [5, 5.41) is 4.41. The van der Waals surface area contributed by atoms with Crippen LogP contribution in [0.1, 0.15) is 18.1 Å². The Kier molecular flexibility index (Phi) is 5.20. The van der Waals surface area contributed by atoms with Gasteiger partial charge in [0, 0.05) is 38.4 Å². The van der Waals surface area contributed by atoms with Gasteiger partial charge in [-0.05, 0) is 48.9 Å². The van der Waals surface area contributed by atoms with E-state index >= 15 is 0 Å². The Balaban J connectivity index is 1.41. The summed E-state index contributed by atoms with van der Waals surface area (Å²) < 4.78 is 1.25. The fraction of sp³-hybridized carbons (Fsp3) is 0.381. The largest absolute Gasteiger partial charge is 0.332 e. The molecule has 4 rings (SSSR count). The summed E-state index contributed by atoms with van der Waals surface area (Å²) in [4.78, 5) is 9.62. The van der Waals surface area contributed by atoms with Gasteiger partial charge in [0.1, 0.15) is 0 Å². The molecule has 1 N–H and O–H groups in total. The van der Waals surface area contributed by atoms with Crippen molar-refractivity contribution in [3.63, 3.8) is 0 Å². The summed E-state index contributed by atoms with van der Waals surface area (Å²) in [6.07, 6.45) is 1.06. The zero-order valence-electron chi connectivity index (χ0n) is 15.5. The molecule has 26 heavy (non-hydrogen) atoms. The van der Waals surface area contributed by atoms with Crippen molar-refractivity contribution in [1.29, 1.82) is 0 Å². The molecule has 0 saturated carbocycles. The van der Waals surface area contributed by atoms with Crippen molar-refractivity contribution in [3.8, 4) is 0 Å². The molecule has 0 unspecified atom stereocenters. The van der Waals surface area contributed by atoms with Gasteiger partial charge in [0.2, 0.25) is 0 Å². The lowest BCUT2D eigenvalue weighted by atomic mass is 10.2. The highest BCUT2D eigenvalue weighted by Gasteiger charge is 2.13. The van der Waals surface area contributed by atoms with Gasteiger partial charge in [-0.2, -0.15) is 0 Å². The number of aryl methyl sites for hydroxylation is 1. The second kappa shape index (κ2) is 7.74. The zero-order valence-corrected chi connectivity index (χ0v) is 16.4. The minimum Gasteiger partial charge on any atom is -0.332 e. The first-order valence-electron chi connectivity index (χ1n) is 9.36. The molecule has 0 amide bonds. The molecule has 1 aliphatic rings. The Hall–Kier alpha value is -1.95. The third-order valence-corrected chi connectivity index (χ3v) is 6.00. The number of likely N-dealkylation sites (N-methyl/N-ethyl adjacent to an activating group) is 1. The lowest BCUT2D eigenvalue weighted by Gasteiger charge is -2.32. The lowest BCUT2D eigenvalue weighted by Crippen LogP contribution is -2.43. The number of aromatic nitrogens is 1. The highest BCUT2D eigenvalue weighted by Crippen LogP contribution is 2.29. The summed E-state index contributed by atoms with van der Waals surface area (Å²) >= 11 is 1.72. The molecule has 0 bridgehead atoms. The summed E-state index contributed by atoms with van der Waals surface area (Å²) in [7, 11) is 2.20. The van der Waals surface area contributed by atoms with Crippen LogP contribution in [-0.2, 0) is 13.0 Å². The number of thiazole rings is 1. The fourth-order valence-corrected chi connectivity index (χ4v) is 4.27. The summed E-state index contributed by atoms with van der Waals surface area (Å²) in [6, 6.07) is 15.3. The molecule has 1 saturated heterocycles. The predicted octanol–water partition coefficient (Wildman–Crippen LogP) is 4.35. The smallest absolute Gasteiger partial charge is 0.188 e. The minimum absolute atomic E-state index is 0.958. The van der Waals surface area contributed by atoms with E-state index in [1.807, 2.05) is 0 Å². The van der Waals surface area contributed by atoms with Crippen molar-refractivity contribution in [1.82, 2.24) is 14.8 Å². The third-order valence-electron chi connectivity index (χ3n) is 5.07. The molecule has 0 spiro atoms. The van der Waals surface area contributed by atoms with Crippen LogP contribution >= 0.6 is 11.3 Å². The minimum atomic E-state index is 0.958. The van der Waals surface area contributed by atoms with Gasteiger partial charge in [-0.15, -0.1) is 0 Å². The summed E-state index contributed by atoms with van der Waals surface area (Å²) in [6.45, 7) is 7.86. The molecular weight excluding hydrogens is 340 g/mol. The maximum absolute atomic E-state index is 4.70. The number of benzene rings is 2. The monoisotopic (exact) mass is 366 g/mol. The zero-order chi connectivity index (χ0) is 17.9. The average molecular weight is 367 g/mol. The summed E-state index contributed by atoms with van der Waals surface area (Å²) in [5.74, 6) is 0. The molecule has 5 heteroatoms. The molecular formula is C21H26N4S. The molecule has 4 nitrogen and oxygen atoms in total. The quantitative estimate of drug-likeness (QED) is 0.727. The van der Waals surface area contributed by atoms with Crippen molar-refractivity contribution in [2.24, 2.45) is 0 Å². The van der Waals surface area contributed by atoms with Crippen molar-refractivity contribution in [2.75, 3.05) is 38.5 Å². The van der Waals surface area contributed by atoms with Gasteiger partial charge in [-0.1, -0.05) is 36.5 Å². The molecule has 2 heterocycles. The number of nitrogens with zero attached hydrogens (tertiary/aromatic N) is 3. The standard InChI is InChI=1S/C21H26N4S/c1-3-16-6-9-19-20(14-16)26-21(23-19)22-18-7-4-17(5-8-18)15-25-12-10-24(2)11-13-25/h4-9,14H,3,10-13,15H2,1-2H3,(H,22,23). The number of fused-ring (bicyclic) bond motifs is 1. The highest BCUT2D eigenvalue weighted by atomic mass is 32.1. The van der Waals surface area contributed by atoms with E-state index in [2.05, 4.69) is 71.6 Å². The third kappa shape index (κ3) is 4.06. The summed E-state index contributed by atoms with van der Waals surface area (Å²) in [5.41, 5.74) is 4.90. The number of nitrogens with one attached hydrogen (secondary N) is 1. The first-order chi connectivity index (χ1) is 12.7. The van der Waals surface area contributed by atoms with E-state index in [4.69, 9.17) is 4.98 Å². The Labute approximate surface area is 159 Å². The number of piperazine rings is 1. The Morgan fingerprint density at radius 2 is 1.73 bits per heavy atom. The van der Waals surface area contributed by atoms with Crippen LogP contribution < -0.4 is 5.32 Å². The molecule has 1 fully saturated rings. The van der Waals surface area contributed by atoms with Gasteiger partial charge in [0.25, 0.3) is 0 Å². The second-order valence-electron chi connectivity index (χ2n) is 7.08. The van der Waals surface area contributed by atoms with E-state index in [1.165, 1.54) is 15.8 Å². The van der Waals surface area contributed by atoms with E-state index < -0.39 is 0 Å². The van der Waals surface area contributed by atoms with E-state index in [1.54, 1.807) is 11.3 Å². The number of anilines is 2. The first kappa shape index (κ1) is 17.5. The van der Waals surface area contributed by atoms with Crippen LogP contribution in [0, 0.1) is 0 Å². The van der Waals surface area contributed by atoms with Gasteiger partial charge in [-0.25, -0.2) is 4.98 Å². The van der Waals surface area contributed by atoms with E-state index in [0.29, 0.717) is 0 Å².